The third-order valence-electron chi connectivity index (χ3n) is 3.56. The number of halogens is 2. The third kappa shape index (κ3) is 6.30. The lowest BCUT2D eigenvalue weighted by molar-refractivity contribution is -0.0498. The highest BCUT2D eigenvalue weighted by Crippen LogP contribution is 2.15. The van der Waals surface area contributed by atoms with Crippen LogP contribution in [0, 0.1) is 6.92 Å². The number of hydrogen-bond donors (Lipinski definition) is 1. The zero-order valence-corrected chi connectivity index (χ0v) is 15.1. The number of hydrogen-bond acceptors (Lipinski definition) is 5. The zero-order chi connectivity index (χ0) is 18.9. The molecular formula is C17H23F2N5O2. The molecule has 0 spiro atoms. The summed E-state index contributed by atoms with van der Waals surface area (Å²) >= 11 is 0. The van der Waals surface area contributed by atoms with Gasteiger partial charge >= 0.3 is 6.61 Å². The lowest BCUT2D eigenvalue weighted by Gasteiger charge is -2.22. The van der Waals surface area contributed by atoms with Gasteiger partial charge in [0.25, 0.3) is 0 Å². The molecule has 142 valence electrons. The van der Waals surface area contributed by atoms with Crippen LogP contribution in [0.2, 0.25) is 0 Å². The van der Waals surface area contributed by atoms with E-state index in [1.807, 2.05) is 11.9 Å². The molecule has 0 aliphatic heterocycles. The van der Waals surface area contributed by atoms with Gasteiger partial charge in [0.2, 0.25) is 5.89 Å². The van der Waals surface area contributed by atoms with Gasteiger partial charge in [-0.25, -0.2) is 0 Å². The summed E-state index contributed by atoms with van der Waals surface area (Å²) in [5, 5.41) is 7.02. The van der Waals surface area contributed by atoms with Crippen LogP contribution in [-0.4, -0.2) is 48.3 Å². The average molecular weight is 367 g/mol. The molecule has 0 bridgehead atoms. The monoisotopic (exact) mass is 367 g/mol. The molecule has 0 aliphatic carbocycles. The molecule has 0 saturated carbocycles. The van der Waals surface area contributed by atoms with Gasteiger partial charge in [-0.3, -0.25) is 4.99 Å². The van der Waals surface area contributed by atoms with Crippen LogP contribution in [0.5, 0.6) is 5.75 Å². The van der Waals surface area contributed by atoms with E-state index in [0.717, 1.165) is 17.9 Å². The summed E-state index contributed by atoms with van der Waals surface area (Å²) in [6, 6.07) is 6.55. The van der Waals surface area contributed by atoms with Gasteiger partial charge in [-0.05, 0) is 31.0 Å². The van der Waals surface area contributed by atoms with Gasteiger partial charge in [0.05, 0.1) is 0 Å². The number of guanidine groups is 1. The summed E-state index contributed by atoms with van der Waals surface area (Å²) in [6.45, 7) is 0.258. The molecule has 0 saturated heterocycles. The van der Waals surface area contributed by atoms with Gasteiger partial charge in [-0.1, -0.05) is 17.3 Å². The molecule has 2 aromatic rings. The Morgan fingerprint density at radius 1 is 1.35 bits per heavy atom. The highest BCUT2D eigenvalue weighted by atomic mass is 19.3. The molecule has 1 N–H and O–H groups in total. The maximum Gasteiger partial charge on any atom is 0.387 e. The van der Waals surface area contributed by atoms with Gasteiger partial charge in [-0.15, -0.1) is 0 Å². The van der Waals surface area contributed by atoms with Gasteiger partial charge in [-0.2, -0.15) is 13.8 Å². The average Bonchev–Trinajstić information content (AvgIpc) is 3.01. The van der Waals surface area contributed by atoms with Crippen LogP contribution >= 0.6 is 0 Å². The van der Waals surface area contributed by atoms with Crippen molar-refractivity contribution in [2.75, 3.05) is 20.6 Å². The second kappa shape index (κ2) is 9.69. The summed E-state index contributed by atoms with van der Waals surface area (Å²) in [5.41, 5.74) is 0.957. The van der Waals surface area contributed by atoms with E-state index in [1.54, 1.807) is 26.1 Å². The fourth-order valence-electron chi connectivity index (χ4n) is 2.39. The van der Waals surface area contributed by atoms with Gasteiger partial charge < -0.3 is 19.5 Å². The molecule has 1 aromatic heterocycles. The zero-order valence-electron chi connectivity index (χ0n) is 15.1. The SMILES string of the molecule is CN=C(NCCCc1nc(C)no1)N(C)Cc1ccc(OC(F)F)cc1. The van der Waals surface area contributed by atoms with Crippen molar-refractivity contribution in [1.82, 2.24) is 20.4 Å². The number of alkyl halides is 2. The summed E-state index contributed by atoms with van der Waals surface area (Å²) in [5.74, 6) is 2.14. The van der Waals surface area contributed by atoms with E-state index in [1.165, 1.54) is 12.1 Å². The first-order valence-electron chi connectivity index (χ1n) is 8.22. The topological polar surface area (TPSA) is 75.8 Å². The van der Waals surface area contributed by atoms with Gasteiger partial charge in [0.15, 0.2) is 11.8 Å². The van der Waals surface area contributed by atoms with Crippen LogP contribution in [0.4, 0.5) is 8.78 Å². The Hall–Kier alpha value is -2.71. The molecule has 0 aliphatic rings. The van der Waals surface area contributed by atoms with Crippen molar-refractivity contribution in [3.05, 3.63) is 41.5 Å². The largest absolute Gasteiger partial charge is 0.435 e. The molecule has 0 fully saturated rings. The Labute approximate surface area is 151 Å². The summed E-state index contributed by atoms with van der Waals surface area (Å²) in [4.78, 5) is 10.4. The molecule has 0 amide bonds. The summed E-state index contributed by atoms with van der Waals surface area (Å²) in [6.07, 6.45) is 1.52. The lowest BCUT2D eigenvalue weighted by atomic mass is 10.2. The smallest absolute Gasteiger partial charge is 0.387 e. The van der Waals surface area contributed by atoms with Gasteiger partial charge in [0.1, 0.15) is 5.75 Å². The number of aromatic nitrogens is 2. The Morgan fingerprint density at radius 3 is 2.65 bits per heavy atom. The van der Waals surface area contributed by atoms with E-state index in [4.69, 9.17) is 4.52 Å². The fraction of sp³-hybridized carbons (Fsp3) is 0.471. The minimum Gasteiger partial charge on any atom is -0.435 e. The van der Waals surface area contributed by atoms with E-state index >= 15 is 0 Å². The van der Waals surface area contributed by atoms with Crippen LogP contribution in [-0.2, 0) is 13.0 Å². The number of ether oxygens (including phenoxy) is 1. The first-order valence-corrected chi connectivity index (χ1v) is 8.22. The normalized spacial score (nSPS) is 11.7. The molecule has 2 rings (SSSR count). The summed E-state index contributed by atoms with van der Waals surface area (Å²) in [7, 11) is 3.61. The Balaban J connectivity index is 1.77. The molecule has 9 heteroatoms. The molecule has 1 aromatic carbocycles. The van der Waals surface area contributed by atoms with E-state index < -0.39 is 6.61 Å². The van der Waals surface area contributed by atoms with Crippen molar-refractivity contribution in [1.29, 1.82) is 0 Å². The number of nitrogens with one attached hydrogen (secondary N) is 1. The molecule has 0 atom stereocenters. The second-order valence-corrected chi connectivity index (χ2v) is 5.69. The van der Waals surface area contributed by atoms with Crippen LogP contribution in [0.3, 0.4) is 0 Å². The van der Waals surface area contributed by atoms with Crippen LogP contribution < -0.4 is 10.1 Å². The van der Waals surface area contributed by atoms with E-state index in [2.05, 4.69) is 25.2 Å². The van der Waals surface area contributed by atoms with Crippen LogP contribution in [0.25, 0.3) is 0 Å². The predicted molar refractivity (Wildman–Crippen MR) is 93.3 cm³/mol. The van der Waals surface area contributed by atoms with Crippen LogP contribution in [0.15, 0.2) is 33.8 Å². The quantitative estimate of drug-likeness (QED) is 0.439. The van der Waals surface area contributed by atoms with Crippen LogP contribution in [0.1, 0.15) is 23.7 Å². The Morgan fingerprint density at radius 2 is 2.08 bits per heavy atom. The van der Waals surface area contributed by atoms with Crippen molar-refractivity contribution in [3.8, 4) is 5.75 Å². The van der Waals surface area contributed by atoms with Gasteiger partial charge in [0, 0.05) is 33.6 Å². The maximum atomic E-state index is 12.2. The van der Waals surface area contributed by atoms with Crippen molar-refractivity contribution in [3.63, 3.8) is 0 Å². The molecule has 26 heavy (non-hydrogen) atoms. The van der Waals surface area contributed by atoms with Crippen molar-refractivity contribution in [2.24, 2.45) is 4.99 Å². The highest BCUT2D eigenvalue weighted by Gasteiger charge is 2.08. The number of aliphatic imine (C=N–C) groups is 1. The van der Waals surface area contributed by atoms with Crippen molar-refractivity contribution in [2.45, 2.75) is 32.9 Å². The Kier molecular flexibility index (Phi) is 7.31. The molecule has 7 nitrogen and oxygen atoms in total. The minimum absolute atomic E-state index is 0.144. The first kappa shape index (κ1) is 19.6. The molecular weight excluding hydrogens is 344 g/mol. The summed E-state index contributed by atoms with van der Waals surface area (Å²) < 4.78 is 33.8. The van der Waals surface area contributed by atoms with E-state index in [-0.39, 0.29) is 5.75 Å². The predicted octanol–water partition coefficient (Wildman–Crippen LogP) is 2.62. The van der Waals surface area contributed by atoms with Crippen molar-refractivity contribution < 1.29 is 18.0 Å². The minimum atomic E-state index is -2.82. The number of aryl methyl sites for hydroxylation is 2. The number of nitrogens with zero attached hydrogens (tertiary/aromatic N) is 4. The number of benzene rings is 1. The fourth-order valence-corrected chi connectivity index (χ4v) is 2.39. The molecule has 0 unspecified atom stereocenters. The second-order valence-electron chi connectivity index (χ2n) is 5.69. The van der Waals surface area contributed by atoms with E-state index in [0.29, 0.717) is 31.2 Å². The highest BCUT2D eigenvalue weighted by molar-refractivity contribution is 5.79. The van der Waals surface area contributed by atoms with E-state index in [9.17, 15) is 8.78 Å². The first-order chi connectivity index (χ1) is 12.5. The standard InChI is InChI=1S/C17H23F2N5O2/c1-12-22-15(26-23-12)5-4-10-21-17(20-2)24(3)11-13-6-8-14(9-7-13)25-16(18)19/h6-9,16H,4-5,10-11H2,1-3H3,(H,20,21). The number of rotatable bonds is 8. The maximum absolute atomic E-state index is 12.2. The Bertz CT molecular complexity index is 703. The lowest BCUT2D eigenvalue weighted by Crippen LogP contribution is -2.39. The third-order valence-corrected chi connectivity index (χ3v) is 3.56. The molecule has 1 heterocycles. The van der Waals surface area contributed by atoms with Crippen molar-refractivity contribution >= 4 is 5.96 Å². The molecule has 0 radical (unpaired) electrons.